The van der Waals surface area contributed by atoms with E-state index in [1.807, 2.05) is 0 Å². The van der Waals surface area contributed by atoms with Gasteiger partial charge in [0, 0.05) is 5.41 Å². The molecule has 0 aromatic heterocycles. The van der Waals surface area contributed by atoms with Crippen LogP contribution in [0.15, 0.2) is 231 Å². The molecule has 0 saturated heterocycles. The lowest BCUT2D eigenvalue weighted by molar-refractivity contribution is 0.660. The summed E-state index contributed by atoms with van der Waals surface area (Å²) >= 11 is 0. The summed E-state index contributed by atoms with van der Waals surface area (Å²) in [5.74, 6) is 0. The summed E-state index contributed by atoms with van der Waals surface area (Å²) in [5.41, 5.74) is 23.2. The van der Waals surface area contributed by atoms with E-state index in [2.05, 4.69) is 244 Å². The molecule has 0 unspecified atom stereocenters. The number of hydrogen-bond donors (Lipinski definition) is 0. The fraction of sp³-hybridized carbons (Fsp3) is 0.0588. The molecule has 0 aliphatic heterocycles. The Morgan fingerprint density at radius 3 is 1.31 bits per heavy atom. The molecule has 0 nitrogen and oxygen atoms in total. The van der Waals surface area contributed by atoms with Crippen molar-refractivity contribution in [3.63, 3.8) is 0 Å². The molecule has 0 atom stereocenters. The van der Waals surface area contributed by atoms with Crippen LogP contribution in [0.1, 0.15) is 47.2 Å². The van der Waals surface area contributed by atoms with E-state index in [1.165, 1.54) is 143 Å². The third-order valence-electron chi connectivity index (χ3n) is 16.2. The Morgan fingerprint density at radius 2 is 0.691 bits per heavy atom. The molecule has 15 rings (SSSR count). The lowest BCUT2D eigenvalue weighted by Gasteiger charge is -2.31. The highest BCUT2D eigenvalue weighted by Gasteiger charge is 2.52. The first-order valence-electron chi connectivity index (χ1n) is 24.1. The highest BCUT2D eigenvalue weighted by Crippen LogP contribution is 2.65. The maximum Gasteiger partial charge on any atom is 0.0726 e. The van der Waals surface area contributed by atoms with Crippen LogP contribution in [0.25, 0.3) is 110 Å². The van der Waals surface area contributed by atoms with Gasteiger partial charge >= 0.3 is 0 Å². The molecule has 0 N–H and O–H groups in total. The van der Waals surface area contributed by atoms with Gasteiger partial charge in [-0.1, -0.05) is 214 Å². The molecule has 1 spiro atoms. The molecule has 12 aromatic rings. The van der Waals surface area contributed by atoms with Crippen LogP contribution < -0.4 is 0 Å². The van der Waals surface area contributed by atoms with Crippen LogP contribution in [0.2, 0.25) is 0 Å². The third kappa shape index (κ3) is 4.84. The number of rotatable bonds is 3. The summed E-state index contributed by atoms with van der Waals surface area (Å²) < 4.78 is 0. The van der Waals surface area contributed by atoms with Gasteiger partial charge in [0.2, 0.25) is 0 Å². The van der Waals surface area contributed by atoms with Crippen molar-refractivity contribution in [1.29, 1.82) is 0 Å². The van der Waals surface area contributed by atoms with E-state index in [9.17, 15) is 0 Å². The Labute approximate surface area is 396 Å². The minimum absolute atomic E-state index is 0.0866. The maximum absolute atomic E-state index is 2.58. The van der Waals surface area contributed by atoms with Crippen LogP contribution in [-0.2, 0) is 10.8 Å². The van der Waals surface area contributed by atoms with E-state index in [1.54, 1.807) is 0 Å². The number of benzene rings is 12. The first kappa shape index (κ1) is 37.9. The van der Waals surface area contributed by atoms with Crippen LogP contribution in [-0.4, -0.2) is 0 Å². The normalized spacial score (nSPS) is 14.3. The summed E-state index contributed by atoms with van der Waals surface area (Å²) in [5, 5.41) is 10.2. The van der Waals surface area contributed by atoms with Crippen molar-refractivity contribution < 1.29 is 0 Å². The summed E-state index contributed by atoms with van der Waals surface area (Å²) in [6, 6.07) is 87.7. The van der Waals surface area contributed by atoms with Crippen molar-refractivity contribution >= 4 is 43.1 Å². The fourth-order valence-corrected chi connectivity index (χ4v) is 13.4. The van der Waals surface area contributed by atoms with Crippen LogP contribution >= 0.6 is 0 Å². The zero-order valence-electron chi connectivity index (χ0n) is 37.9. The van der Waals surface area contributed by atoms with E-state index in [-0.39, 0.29) is 5.41 Å². The highest BCUT2D eigenvalue weighted by atomic mass is 14.5. The molecule has 316 valence electrons. The quantitative estimate of drug-likeness (QED) is 0.155. The van der Waals surface area contributed by atoms with Crippen LogP contribution in [0, 0.1) is 0 Å². The highest BCUT2D eigenvalue weighted by molar-refractivity contribution is 6.22. The predicted molar refractivity (Wildman–Crippen MR) is 287 cm³/mol. The molecule has 68 heavy (non-hydrogen) atoms. The van der Waals surface area contributed by atoms with Crippen molar-refractivity contribution in [1.82, 2.24) is 0 Å². The molecule has 3 aliphatic rings. The lowest BCUT2D eigenvalue weighted by atomic mass is 9.69. The second kappa shape index (κ2) is 13.6. The molecular weight excluding hydrogens is 817 g/mol. The second-order valence-electron chi connectivity index (χ2n) is 19.8. The van der Waals surface area contributed by atoms with Gasteiger partial charge in [-0.25, -0.2) is 0 Å². The number of hydrogen-bond acceptors (Lipinski definition) is 0. The van der Waals surface area contributed by atoms with Gasteiger partial charge in [0.05, 0.1) is 5.41 Å². The summed E-state index contributed by atoms with van der Waals surface area (Å²) in [7, 11) is 0. The summed E-state index contributed by atoms with van der Waals surface area (Å²) in [4.78, 5) is 0. The fourth-order valence-electron chi connectivity index (χ4n) is 13.4. The Hall–Kier alpha value is -8.32. The van der Waals surface area contributed by atoms with Crippen molar-refractivity contribution in [2.24, 2.45) is 0 Å². The standard InChI is InChI=1S/C68H44/c1-67(2)58-31-14-11-23-47(58)50-35-34-45(39-61(50)67)65-54-29-9-7-27-52(54)64(53-28-8-10-30-55(53)65)44-21-17-20-43(36-44)56-40-63-66(51-26-6-5-22-46(51)56)57-37-41-18-3-4-19-42(41)38-62(57)68(63)59-32-15-12-24-48(59)49-25-13-16-33-60(49)68/h3-40H,1-2H3. The molecule has 12 aromatic carbocycles. The molecule has 0 bridgehead atoms. The van der Waals surface area contributed by atoms with Gasteiger partial charge in [0.1, 0.15) is 0 Å². The smallest absolute Gasteiger partial charge is 0.0619 e. The van der Waals surface area contributed by atoms with Gasteiger partial charge in [-0.05, 0) is 174 Å². The zero-order valence-corrected chi connectivity index (χ0v) is 37.9. The molecule has 0 saturated carbocycles. The van der Waals surface area contributed by atoms with Gasteiger partial charge in [-0.3, -0.25) is 0 Å². The average molecular weight is 861 g/mol. The van der Waals surface area contributed by atoms with Gasteiger partial charge in [0.25, 0.3) is 0 Å². The van der Waals surface area contributed by atoms with Crippen molar-refractivity contribution in [2.75, 3.05) is 0 Å². The Kier molecular flexibility index (Phi) is 7.59. The number of fused-ring (bicyclic) bond motifs is 18. The van der Waals surface area contributed by atoms with Crippen molar-refractivity contribution in [3.8, 4) is 66.8 Å². The van der Waals surface area contributed by atoms with E-state index in [4.69, 9.17) is 0 Å². The average Bonchev–Trinajstić information content (AvgIpc) is 3.94. The molecular formula is C68H44. The Bertz CT molecular complexity index is 4080. The zero-order chi connectivity index (χ0) is 44.9. The topological polar surface area (TPSA) is 0 Å². The van der Waals surface area contributed by atoms with Gasteiger partial charge in [-0.2, -0.15) is 0 Å². The summed E-state index contributed by atoms with van der Waals surface area (Å²) in [6.45, 7) is 4.76. The van der Waals surface area contributed by atoms with Crippen LogP contribution in [0.4, 0.5) is 0 Å². The second-order valence-corrected chi connectivity index (χ2v) is 19.8. The SMILES string of the molecule is CC1(C)c2ccccc2-c2ccc(-c3c4ccccc4c(-c4cccc(-c5cc6c(c7ccccc57)-c5cc7ccccc7cc5C65c6ccccc6-c6ccccc65)c4)c4ccccc34)cc21. The monoisotopic (exact) mass is 860 g/mol. The van der Waals surface area contributed by atoms with E-state index in [0.717, 1.165) is 0 Å². The Balaban J connectivity index is 0.977. The molecule has 0 heteroatoms. The molecule has 3 aliphatic carbocycles. The third-order valence-corrected chi connectivity index (χ3v) is 16.2. The van der Waals surface area contributed by atoms with Gasteiger partial charge < -0.3 is 0 Å². The predicted octanol–water partition coefficient (Wildman–Crippen LogP) is 18.0. The van der Waals surface area contributed by atoms with Gasteiger partial charge in [0.15, 0.2) is 0 Å². The molecule has 0 heterocycles. The van der Waals surface area contributed by atoms with E-state index in [0.29, 0.717) is 0 Å². The molecule has 0 radical (unpaired) electrons. The minimum atomic E-state index is -0.476. The largest absolute Gasteiger partial charge is 0.0726 e. The van der Waals surface area contributed by atoms with E-state index < -0.39 is 5.41 Å². The van der Waals surface area contributed by atoms with Crippen LogP contribution in [0.3, 0.4) is 0 Å². The van der Waals surface area contributed by atoms with Crippen molar-refractivity contribution in [3.05, 3.63) is 264 Å². The minimum Gasteiger partial charge on any atom is -0.0619 e. The first-order valence-corrected chi connectivity index (χ1v) is 24.1. The van der Waals surface area contributed by atoms with E-state index >= 15 is 0 Å². The Morgan fingerprint density at radius 1 is 0.235 bits per heavy atom. The summed E-state index contributed by atoms with van der Waals surface area (Å²) in [6.07, 6.45) is 0. The van der Waals surface area contributed by atoms with Crippen molar-refractivity contribution in [2.45, 2.75) is 24.7 Å². The molecule has 0 fully saturated rings. The van der Waals surface area contributed by atoms with Crippen LogP contribution in [0.5, 0.6) is 0 Å². The lowest BCUT2D eigenvalue weighted by Crippen LogP contribution is -2.26. The first-order chi connectivity index (χ1) is 33.5. The maximum atomic E-state index is 2.58. The molecule has 0 amide bonds. The van der Waals surface area contributed by atoms with Gasteiger partial charge in [-0.15, -0.1) is 0 Å².